The van der Waals surface area contributed by atoms with E-state index in [2.05, 4.69) is 28.1 Å². The van der Waals surface area contributed by atoms with Crippen molar-refractivity contribution in [2.75, 3.05) is 32.7 Å². The molecule has 3 rings (SSSR count). The van der Waals surface area contributed by atoms with Gasteiger partial charge in [0.2, 0.25) is 0 Å². The molecule has 1 aliphatic rings. The summed E-state index contributed by atoms with van der Waals surface area (Å²) in [5.41, 5.74) is 0.955. The maximum Gasteiger partial charge on any atom is 0.321 e. The van der Waals surface area contributed by atoms with E-state index in [1.54, 1.807) is 16.2 Å². The highest BCUT2D eigenvalue weighted by atomic mass is 32.1. The molecule has 1 aromatic heterocycles. The summed E-state index contributed by atoms with van der Waals surface area (Å²) in [5, 5.41) is 7.26. The Morgan fingerprint density at radius 3 is 2.44 bits per heavy atom. The first kappa shape index (κ1) is 19.5. The van der Waals surface area contributed by atoms with Gasteiger partial charge in [-0.25, -0.2) is 4.79 Å². The largest absolute Gasteiger partial charge is 0.338 e. The van der Waals surface area contributed by atoms with E-state index in [-0.39, 0.29) is 11.9 Å². The Labute approximate surface area is 164 Å². The van der Waals surface area contributed by atoms with Crippen molar-refractivity contribution in [3.8, 4) is 0 Å². The van der Waals surface area contributed by atoms with Crippen molar-refractivity contribution in [1.82, 2.24) is 10.6 Å². The third-order valence-corrected chi connectivity index (χ3v) is 5.86. The minimum atomic E-state index is -0.426. The molecular formula is C20H28N4O2S+2. The number of rotatable bonds is 6. The molecule has 0 bridgehead atoms. The molecule has 2 aromatic rings. The first-order valence-corrected chi connectivity index (χ1v) is 10.4. The zero-order valence-electron chi connectivity index (χ0n) is 15.7. The molecule has 0 saturated carbocycles. The molecule has 0 spiro atoms. The van der Waals surface area contributed by atoms with E-state index >= 15 is 0 Å². The molecule has 1 aromatic carbocycles. The molecule has 2 heterocycles. The highest BCUT2D eigenvalue weighted by molar-refractivity contribution is 7.09. The van der Waals surface area contributed by atoms with Crippen molar-refractivity contribution in [3.05, 3.63) is 58.3 Å². The first-order chi connectivity index (χ1) is 13.2. The molecule has 3 amide bonds. The topological polar surface area (TPSA) is 67.1 Å². The predicted molar refractivity (Wildman–Crippen MR) is 106 cm³/mol. The van der Waals surface area contributed by atoms with Crippen LogP contribution in [0.2, 0.25) is 0 Å². The Morgan fingerprint density at radius 2 is 1.81 bits per heavy atom. The SMILES string of the molecule is CCNC(=O)NC(=O)[C@@H](c1ccccc1)[NH+]1CC[NH+](Cc2cccs2)CC1. The molecule has 7 heteroatoms. The first-order valence-electron chi connectivity index (χ1n) is 9.51. The zero-order chi connectivity index (χ0) is 19.1. The molecule has 0 unspecified atom stereocenters. The van der Waals surface area contributed by atoms with E-state index < -0.39 is 6.03 Å². The molecule has 1 fully saturated rings. The fourth-order valence-electron chi connectivity index (χ4n) is 3.66. The summed E-state index contributed by atoms with van der Waals surface area (Å²) in [5.74, 6) is -0.233. The van der Waals surface area contributed by atoms with E-state index in [9.17, 15) is 9.59 Å². The van der Waals surface area contributed by atoms with Crippen LogP contribution >= 0.6 is 11.3 Å². The number of imide groups is 1. The Hall–Kier alpha value is -2.22. The Morgan fingerprint density at radius 1 is 1.07 bits per heavy atom. The standard InChI is InChI=1S/C20H26N4O2S/c1-2-21-20(26)22-19(25)18(16-7-4-3-5-8-16)24-12-10-23(11-13-24)15-17-9-6-14-27-17/h3-9,14,18H,2,10-13,15H2,1H3,(H2,21,22,25,26)/p+2/t18-/m1/s1. The average Bonchev–Trinajstić information content (AvgIpc) is 3.17. The van der Waals surface area contributed by atoms with E-state index in [0.29, 0.717) is 6.54 Å². The van der Waals surface area contributed by atoms with Gasteiger partial charge < -0.3 is 15.1 Å². The molecular weight excluding hydrogens is 360 g/mol. The maximum absolute atomic E-state index is 12.9. The number of thiophene rings is 1. The van der Waals surface area contributed by atoms with Crippen LogP contribution in [0.4, 0.5) is 4.79 Å². The lowest BCUT2D eigenvalue weighted by atomic mass is 10.0. The minimum absolute atomic E-state index is 0.233. The monoisotopic (exact) mass is 388 g/mol. The summed E-state index contributed by atoms with van der Waals surface area (Å²) in [4.78, 5) is 28.9. The van der Waals surface area contributed by atoms with Crippen molar-refractivity contribution >= 4 is 23.3 Å². The maximum atomic E-state index is 12.9. The van der Waals surface area contributed by atoms with Crippen LogP contribution in [0.3, 0.4) is 0 Å². The van der Waals surface area contributed by atoms with E-state index in [1.807, 2.05) is 37.3 Å². The summed E-state index contributed by atoms with van der Waals surface area (Å²) >= 11 is 1.80. The van der Waals surface area contributed by atoms with Gasteiger partial charge in [-0.15, -0.1) is 11.3 Å². The van der Waals surface area contributed by atoms with Crippen LogP contribution in [-0.4, -0.2) is 44.7 Å². The van der Waals surface area contributed by atoms with Crippen molar-refractivity contribution in [2.24, 2.45) is 0 Å². The molecule has 27 heavy (non-hydrogen) atoms. The Kier molecular flexibility index (Phi) is 6.98. The molecule has 144 valence electrons. The number of hydrogen-bond donors (Lipinski definition) is 4. The van der Waals surface area contributed by atoms with Gasteiger partial charge >= 0.3 is 6.03 Å². The lowest BCUT2D eigenvalue weighted by molar-refractivity contribution is -1.03. The van der Waals surface area contributed by atoms with Crippen LogP contribution in [-0.2, 0) is 11.3 Å². The third kappa shape index (κ3) is 5.38. The molecule has 0 radical (unpaired) electrons. The van der Waals surface area contributed by atoms with E-state index in [0.717, 1.165) is 38.3 Å². The number of hydrogen-bond acceptors (Lipinski definition) is 3. The van der Waals surface area contributed by atoms with Crippen molar-refractivity contribution in [1.29, 1.82) is 0 Å². The Bertz CT molecular complexity index is 728. The van der Waals surface area contributed by atoms with Crippen LogP contribution < -0.4 is 20.4 Å². The predicted octanol–water partition coefficient (Wildman–Crippen LogP) is -0.381. The van der Waals surface area contributed by atoms with Gasteiger partial charge in [-0.3, -0.25) is 10.1 Å². The molecule has 4 N–H and O–H groups in total. The summed E-state index contributed by atoms with van der Waals surface area (Å²) < 4.78 is 0. The number of benzene rings is 1. The van der Waals surface area contributed by atoms with Crippen molar-refractivity contribution in [2.45, 2.75) is 19.5 Å². The van der Waals surface area contributed by atoms with E-state index in [1.165, 1.54) is 9.78 Å². The minimum Gasteiger partial charge on any atom is -0.338 e. The average molecular weight is 389 g/mol. The number of quaternary nitrogens is 2. The fourth-order valence-corrected chi connectivity index (χ4v) is 4.43. The molecule has 1 saturated heterocycles. The Balaban J connectivity index is 1.66. The van der Waals surface area contributed by atoms with Gasteiger partial charge in [0.15, 0.2) is 6.04 Å². The van der Waals surface area contributed by atoms with Gasteiger partial charge in [0.05, 0.1) is 4.88 Å². The van der Waals surface area contributed by atoms with Gasteiger partial charge in [-0.2, -0.15) is 0 Å². The lowest BCUT2D eigenvalue weighted by Gasteiger charge is -2.33. The summed E-state index contributed by atoms with van der Waals surface area (Å²) in [7, 11) is 0. The second kappa shape index (κ2) is 9.64. The van der Waals surface area contributed by atoms with Gasteiger partial charge in [0, 0.05) is 12.1 Å². The quantitative estimate of drug-likeness (QED) is 0.545. The molecule has 6 nitrogen and oxygen atoms in total. The van der Waals surface area contributed by atoms with Crippen LogP contribution in [0.5, 0.6) is 0 Å². The second-order valence-electron chi connectivity index (χ2n) is 6.86. The van der Waals surface area contributed by atoms with Crippen LogP contribution in [0.15, 0.2) is 47.8 Å². The van der Waals surface area contributed by atoms with Gasteiger partial charge in [-0.1, -0.05) is 36.4 Å². The van der Waals surface area contributed by atoms with Crippen LogP contribution in [0.1, 0.15) is 23.4 Å². The fraction of sp³-hybridized carbons (Fsp3) is 0.400. The number of carbonyl (C=O) groups excluding carboxylic acids is 2. The number of nitrogens with one attached hydrogen (secondary N) is 4. The van der Waals surface area contributed by atoms with Crippen molar-refractivity contribution < 1.29 is 19.4 Å². The number of urea groups is 1. The highest BCUT2D eigenvalue weighted by Gasteiger charge is 2.36. The van der Waals surface area contributed by atoms with Gasteiger partial charge in [0.1, 0.15) is 32.7 Å². The normalized spacial score (nSPS) is 20.6. The molecule has 0 aliphatic carbocycles. The highest BCUT2D eigenvalue weighted by Crippen LogP contribution is 2.10. The second-order valence-corrected chi connectivity index (χ2v) is 7.89. The van der Waals surface area contributed by atoms with Gasteiger partial charge in [0.25, 0.3) is 5.91 Å². The van der Waals surface area contributed by atoms with Crippen LogP contribution in [0.25, 0.3) is 0 Å². The van der Waals surface area contributed by atoms with Crippen LogP contribution in [0, 0.1) is 0 Å². The molecule has 1 atom stereocenters. The summed E-state index contributed by atoms with van der Waals surface area (Å²) in [6.07, 6.45) is 0. The summed E-state index contributed by atoms with van der Waals surface area (Å²) in [6, 6.07) is 13.3. The lowest BCUT2D eigenvalue weighted by Crippen LogP contribution is -3.28. The molecule has 1 aliphatic heterocycles. The number of piperazine rings is 1. The van der Waals surface area contributed by atoms with E-state index in [4.69, 9.17) is 0 Å². The zero-order valence-corrected chi connectivity index (χ0v) is 16.5. The van der Waals surface area contributed by atoms with Gasteiger partial charge in [-0.05, 0) is 18.4 Å². The third-order valence-electron chi connectivity index (χ3n) is 4.98. The smallest absolute Gasteiger partial charge is 0.321 e. The van der Waals surface area contributed by atoms with Crippen molar-refractivity contribution in [3.63, 3.8) is 0 Å². The number of amides is 3. The number of carbonyl (C=O) groups is 2. The summed E-state index contributed by atoms with van der Waals surface area (Å²) in [6.45, 7) is 7.22.